The van der Waals surface area contributed by atoms with Gasteiger partial charge in [0.2, 0.25) is 0 Å². The van der Waals surface area contributed by atoms with Gasteiger partial charge in [0, 0.05) is 18.7 Å². The molecule has 2 aliphatic carbocycles. The molecule has 1 heterocycles. The molecule has 0 unspecified atom stereocenters. The van der Waals surface area contributed by atoms with E-state index in [0.717, 1.165) is 37.9 Å². The minimum Gasteiger partial charge on any atom is -0.370 e. The van der Waals surface area contributed by atoms with Crippen molar-refractivity contribution in [3.63, 3.8) is 0 Å². The average molecular weight is 377 g/mol. The fourth-order valence-electron chi connectivity index (χ4n) is 5.81. The first-order valence-electron chi connectivity index (χ1n) is 10.9. The van der Waals surface area contributed by atoms with Crippen LogP contribution in [0.4, 0.5) is 5.69 Å². The number of benzene rings is 3. The van der Waals surface area contributed by atoms with E-state index in [9.17, 15) is 5.26 Å². The Morgan fingerprint density at radius 3 is 2.17 bits per heavy atom. The van der Waals surface area contributed by atoms with E-state index in [-0.39, 0.29) is 0 Å². The van der Waals surface area contributed by atoms with Gasteiger partial charge in [0.05, 0.1) is 11.3 Å². The second-order valence-electron chi connectivity index (χ2n) is 8.58. The van der Waals surface area contributed by atoms with Crippen LogP contribution in [0.15, 0.2) is 48.5 Å². The lowest BCUT2D eigenvalue weighted by Crippen LogP contribution is -2.32. The number of piperidine rings is 1. The third kappa shape index (κ3) is 2.40. The molecule has 3 aliphatic rings. The van der Waals surface area contributed by atoms with Gasteiger partial charge in [-0.15, -0.1) is 0 Å². The first kappa shape index (κ1) is 16.9. The molecule has 1 saturated heterocycles. The van der Waals surface area contributed by atoms with Crippen molar-refractivity contribution in [2.24, 2.45) is 0 Å². The number of fused-ring (bicyclic) bond motifs is 7. The maximum absolute atomic E-state index is 10.4. The van der Waals surface area contributed by atoms with E-state index in [0.29, 0.717) is 0 Å². The average Bonchev–Trinajstić information content (AvgIpc) is 3.17. The van der Waals surface area contributed by atoms with Gasteiger partial charge in [0.1, 0.15) is 6.07 Å². The first-order chi connectivity index (χ1) is 14.4. The molecule has 2 nitrogen and oxygen atoms in total. The molecule has 1 aliphatic heterocycles. The summed E-state index contributed by atoms with van der Waals surface area (Å²) in [4.78, 5) is 2.52. The summed E-state index contributed by atoms with van der Waals surface area (Å²) < 4.78 is 0. The van der Waals surface area contributed by atoms with Gasteiger partial charge in [-0.25, -0.2) is 0 Å². The molecule has 3 aromatic carbocycles. The highest BCUT2D eigenvalue weighted by molar-refractivity contribution is 5.96. The second-order valence-corrected chi connectivity index (χ2v) is 8.58. The molecule has 0 N–H and O–H groups in total. The molecule has 142 valence electrons. The van der Waals surface area contributed by atoms with Crippen LogP contribution in [0, 0.1) is 11.3 Å². The third-order valence-electron chi connectivity index (χ3n) is 7.05. The highest BCUT2D eigenvalue weighted by Gasteiger charge is 2.34. The standard InChI is InChI=1S/C27H24N2/c28-17-24-26-21-11-5-3-9-19(21)16-23(26)25-20-10-4-2-8-18(20)12-13-22(25)27(24)29-14-6-1-7-15-29/h2-5,8-11H,1,6-7,12-16H2. The van der Waals surface area contributed by atoms with Crippen LogP contribution in [0.3, 0.4) is 0 Å². The summed E-state index contributed by atoms with van der Waals surface area (Å²) in [6.07, 6.45) is 6.80. The van der Waals surface area contributed by atoms with Crippen LogP contribution in [-0.2, 0) is 19.3 Å². The van der Waals surface area contributed by atoms with Crippen LogP contribution >= 0.6 is 0 Å². The van der Waals surface area contributed by atoms with E-state index < -0.39 is 0 Å². The summed E-state index contributed by atoms with van der Waals surface area (Å²) in [6, 6.07) is 20.3. The van der Waals surface area contributed by atoms with E-state index in [1.165, 1.54) is 69.5 Å². The summed E-state index contributed by atoms with van der Waals surface area (Å²) in [5, 5.41) is 10.4. The van der Waals surface area contributed by atoms with Crippen LogP contribution in [0.2, 0.25) is 0 Å². The molecule has 0 saturated carbocycles. The van der Waals surface area contributed by atoms with E-state index >= 15 is 0 Å². The highest BCUT2D eigenvalue weighted by atomic mass is 15.1. The molecule has 0 atom stereocenters. The highest BCUT2D eigenvalue weighted by Crippen LogP contribution is 2.52. The molecule has 0 amide bonds. The largest absolute Gasteiger partial charge is 0.370 e. The number of anilines is 1. The second kappa shape index (κ2) is 6.49. The van der Waals surface area contributed by atoms with Crippen LogP contribution < -0.4 is 4.90 Å². The Morgan fingerprint density at radius 2 is 1.41 bits per heavy atom. The third-order valence-corrected chi connectivity index (χ3v) is 7.05. The fourth-order valence-corrected chi connectivity index (χ4v) is 5.81. The maximum atomic E-state index is 10.4. The number of nitriles is 1. The predicted octanol–water partition coefficient (Wildman–Crippen LogP) is 5.89. The van der Waals surface area contributed by atoms with Gasteiger partial charge in [0.15, 0.2) is 0 Å². The predicted molar refractivity (Wildman–Crippen MR) is 118 cm³/mol. The van der Waals surface area contributed by atoms with Crippen molar-refractivity contribution in [3.05, 3.63) is 76.3 Å². The minimum atomic E-state index is 0.921. The number of hydrogen-bond acceptors (Lipinski definition) is 2. The fraction of sp³-hybridized carbons (Fsp3) is 0.296. The Labute approximate surface area is 172 Å². The molecule has 0 radical (unpaired) electrons. The number of rotatable bonds is 1. The van der Waals surface area contributed by atoms with Crippen LogP contribution in [0.25, 0.3) is 22.3 Å². The molecular weight excluding hydrogens is 352 g/mol. The summed E-state index contributed by atoms with van der Waals surface area (Å²) in [5.74, 6) is 0. The SMILES string of the molecule is N#Cc1c2c(c3c(c1N1CCCCC1)CCc1ccccc1-3)Cc1ccccc1-2. The Hall–Kier alpha value is -3.05. The van der Waals surface area contributed by atoms with Crippen molar-refractivity contribution in [1.29, 1.82) is 5.26 Å². The molecular formula is C27H24N2. The van der Waals surface area contributed by atoms with Crippen molar-refractivity contribution in [2.45, 2.75) is 38.5 Å². The van der Waals surface area contributed by atoms with Crippen LogP contribution in [0.1, 0.15) is 47.1 Å². The van der Waals surface area contributed by atoms with Gasteiger partial charge < -0.3 is 4.90 Å². The Balaban J connectivity index is 1.72. The van der Waals surface area contributed by atoms with Gasteiger partial charge in [-0.05, 0) is 77.5 Å². The van der Waals surface area contributed by atoms with Crippen molar-refractivity contribution in [3.8, 4) is 28.3 Å². The van der Waals surface area contributed by atoms with Crippen molar-refractivity contribution in [2.75, 3.05) is 18.0 Å². The normalized spacial score (nSPS) is 16.4. The molecule has 29 heavy (non-hydrogen) atoms. The van der Waals surface area contributed by atoms with Gasteiger partial charge >= 0.3 is 0 Å². The maximum Gasteiger partial charge on any atom is 0.102 e. The lowest BCUT2D eigenvalue weighted by molar-refractivity contribution is 0.576. The van der Waals surface area contributed by atoms with Crippen molar-refractivity contribution >= 4 is 5.69 Å². The zero-order chi connectivity index (χ0) is 19.4. The van der Waals surface area contributed by atoms with Crippen LogP contribution in [-0.4, -0.2) is 13.1 Å². The molecule has 6 rings (SSSR count). The molecule has 1 fully saturated rings. The number of hydrogen-bond donors (Lipinski definition) is 0. The van der Waals surface area contributed by atoms with E-state index in [4.69, 9.17) is 0 Å². The van der Waals surface area contributed by atoms with E-state index in [1.54, 1.807) is 0 Å². The zero-order valence-corrected chi connectivity index (χ0v) is 16.7. The minimum absolute atomic E-state index is 0.921. The van der Waals surface area contributed by atoms with E-state index in [1.807, 2.05) is 0 Å². The molecule has 0 aromatic heterocycles. The smallest absolute Gasteiger partial charge is 0.102 e. The summed E-state index contributed by atoms with van der Waals surface area (Å²) >= 11 is 0. The molecule has 0 spiro atoms. The Kier molecular flexibility index (Phi) is 3.78. The Morgan fingerprint density at radius 1 is 0.724 bits per heavy atom. The van der Waals surface area contributed by atoms with E-state index in [2.05, 4.69) is 59.5 Å². The lowest BCUT2D eigenvalue weighted by Gasteiger charge is -2.35. The monoisotopic (exact) mass is 376 g/mol. The zero-order valence-electron chi connectivity index (χ0n) is 16.7. The van der Waals surface area contributed by atoms with Crippen LogP contribution in [0.5, 0.6) is 0 Å². The molecule has 3 aromatic rings. The number of nitrogens with zero attached hydrogens (tertiary/aromatic N) is 2. The quantitative estimate of drug-likeness (QED) is 0.414. The molecule has 0 bridgehead atoms. The summed E-state index contributed by atoms with van der Waals surface area (Å²) in [5.41, 5.74) is 13.1. The van der Waals surface area contributed by atoms with Gasteiger partial charge in [-0.2, -0.15) is 5.26 Å². The van der Waals surface area contributed by atoms with Gasteiger partial charge in [0.25, 0.3) is 0 Å². The topological polar surface area (TPSA) is 27.0 Å². The summed E-state index contributed by atoms with van der Waals surface area (Å²) in [7, 11) is 0. The first-order valence-corrected chi connectivity index (χ1v) is 10.9. The molecule has 2 heteroatoms. The summed E-state index contributed by atoms with van der Waals surface area (Å²) in [6.45, 7) is 2.15. The van der Waals surface area contributed by atoms with Gasteiger partial charge in [-0.1, -0.05) is 48.5 Å². The lowest BCUT2D eigenvalue weighted by atomic mass is 9.78. The number of aryl methyl sites for hydroxylation is 1. The van der Waals surface area contributed by atoms with Crippen molar-refractivity contribution in [1.82, 2.24) is 0 Å². The Bertz CT molecular complexity index is 1180. The van der Waals surface area contributed by atoms with Crippen molar-refractivity contribution < 1.29 is 0 Å². The van der Waals surface area contributed by atoms with Gasteiger partial charge in [-0.3, -0.25) is 0 Å².